The third kappa shape index (κ3) is 4.07. The number of nitrogens with one attached hydrogen (secondary N) is 1. The van der Waals surface area contributed by atoms with Crippen molar-refractivity contribution in [3.63, 3.8) is 0 Å². The number of thiophene rings is 1. The Morgan fingerprint density at radius 3 is 2.96 bits per heavy atom. The zero-order valence-electron chi connectivity index (χ0n) is 13.4. The number of rotatable bonds is 4. The zero-order valence-corrected chi connectivity index (χ0v) is 14.2. The largest absolute Gasteiger partial charge is 0.372 e. The second-order valence-corrected chi connectivity index (χ2v) is 6.73. The van der Waals surface area contributed by atoms with E-state index in [-0.39, 0.29) is 5.91 Å². The summed E-state index contributed by atoms with van der Waals surface area (Å²) in [4.78, 5) is 23.2. The molecule has 5 nitrogen and oxygen atoms in total. The minimum absolute atomic E-state index is 0.171. The summed E-state index contributed by atoms with van der Waals surface area (Å²) in [5.74, 6) is 1.54. The number of anilines is 1. The lowest BCUT2D eigenvalue weighted by Crippen LogP contribution is -2.31. The number of aromatic nitrogens is 2. The van der Waals surface area contributed by atoms with Crippen molar-refractivity contribution in [3.8, 4) is 0 Å². The minimum Gasteiger partial charge on any atom is -0.372 e. The van der Waals surface area contributed by atoms with Gasteiger partial charge < -0.3 is 10.2 Å². The van der Waals surface area contributed by atoms with E-state index in [2.05, 4.69) is 15.3 Å². The highest BCUT2D eigenvalue weighted by Crippen LogP contribution is 2.22. The molecule has 0 bridgehead atoms. The molecule has 0 aromatic carbocycles. The zero-order chi connectivity index (χ0) is 16.1. The van der Waals surface area contributed by atoms with Gasteiger partial charge in [0.2, 0.25) is 0 Å². The molecule has 23 heavy (non-hydrogen) atoms. The molecule has 0 saturated carbocycles. The number of hydrogen-bond acceptors (Lipinski definition) is 5. The molecule has 6 heteroatoms. The van der Waals surface area contributed by atoms with Gasteiger partial charge in [0.05, 0.1) is 23.7 Å². The third-order valence-corrected chi connectivity index (χ3v) is 5.05. The van der Waals surface area contributed by atoms with Crippen LogP contribution in [0.3, 0.4) is 0 Å². The fraction of sp³-hybridized carbons (Fsp3) is 0.471. The van der Waals surface area contributed by atoms with Gasteiger partial charge in [0, 0.05) is 25.5 Å². The van der Waals surface area contributed by atoms with E-state index in [0.29, 0.717) is 5.92 Å². The molecule has 122 valence electrons. The SMILES string of the molecule is CNc1cnc(CC2CCCN(C(=O)c3ccsc3)CC2)cn1. The number of carbonyl (C=O) groups excluding carboxylic acids is 1. The molecule has 0 radical (unpaired) electrons. The summed E-state index contributed by atoms with van der Waals surface area (Å²) in [6.07, 6.45) is 7.80. The number of amides is 1. The van der Waals surface area contributed by atoms with E-state index < -0.39 is 0 Å². The number of carbonyl (C=O) groups is 1. The Hall–Kier alpha value is -1.95. The van der Waals surface area contributed by atoms with Crippen molar-refractivity contribution in [2.75, 3.05) is 25.5 Å². The van der Waals surface area contributed by atoms with E-state index in [9.17, 15) is 4.79 Å². The van der Waals surface area contributed by atoms with Gasteiger partial charge in [-0.3, -0.25) is 9.78 Å². The van der Waals surface area contributed by atoms with Crippen LogP contribution in [0.25, 0.3) is 0 Å². The van der Waals surface area contributed by atoms with Crippen molar-refractivity contribution in [2.24, 2.45) is 5.92 Å². The fourth-order valence-corrected chi connectivity index (χ4v) is 3.66. The summed E-state index contributed by atoms with van der Waals surface area (Å²) in [6.45, 7) is 1.69. The summed E-state index contributed by atoms with van der Waals surface area (Å²) in [5.41, 5.74) is 1.86. The molecule has 1 atom stereocenters. The predicted octanol–water partition coefficient (Wildman–Crippen LogP) is 3.06. The standard InChI is InChI=1S/C17H22N4OS/c1-18-16-11-19-15(10-20-16)9-13-3-2-6-21(7-4-13)17(22)14-5-8-23-12-14/h5,8,10-13H,2-4,6-7,9H2,1H3,(H,18,20). The normalized spacial score (nSPS) is 18.5. The summed E-state index contributed by atoms with van der Waals surface area (Å²) in [5, 5.41) is 6.88. The first-order chi connectivity index (χ1) is 11.3. The van der Waals surface area contributed by atoms with E-state index >= 15 is 0 Å². The second-order valence-electron chi connectivity index (χ2n) is 5.95. The molecule has 1 unspecified atom stereocenters. The van der Waals surface area contributed by atoms with Crippen LogP contribution in [0.5, 0.6) is 0 Å². The summed E-state index contributed by atoms with van der Waals surface area (Å²) in [7, 11) is 1.84. The van der Waals surface area contributed by atoms with E-state index in [1.807, 2.05) is 35.0 Å². The van der Waals surface area contributed by atoms with Crippen molar-refractivity contribution in [3.05, 3.63) is 40.5 Å². The predicted molar refractivity (Wildman–Crippen MR) is 92.8 cm³/mol. The lowest BCUT2D eigenvalue weighted by molar-refractivity contribution is 0.0760. The quantitative estimate of drug-likeness (QED) is 0.936. The molecule has 0 spiro atoms. The van der Waals surface area contributed by atoms with Gasteiger partial charge in [-0.15, -0.1) is 0 Å². The second kappa shape index (κ2) is 7.55. The molecular weight excluding hydrogens is 308 g/mol. The molecule has 1 aliphatic heterocycles. The van der Waals surface area contributed by atoms with Crippen molar-refractivity contribution in [1.29, 1.82) is 0 Å². The van der Waals surface area contributed by atoms with Gasteiger partial charge in [-0.05, 0) is 43.0 Å². The lowest BCUT2D eigenvalue weighted by Gasteiger charge is -2.20. The Kier molecular flexibility index (Phi) is 5.23. The van der Waals surface area contributed by atoms with Crippen molar-refractivity contribution in [2.45, 2.75) is 25.7 Å². The van der Waals surface area contributed by atoms with Crippen LogP contribution >= 0.6 is 11.3 Å². The van der Waals surface area contributed by atoms with E-state index in [1.54, 1.807) is 17.5 Å². The Bertz CT molecular complexity index is 627. The Morgan fingerprint density at radius 2 is 2.26 bits per heavy atom. The van der Waals surface area contributed by atoms with Crippen LogP contribution in [0.1, 0.15) is 35.3 Å². The topological polar surface area (TPSA) is 58.1 Å². The van der Waals surface area contributed by atoms with Gasteiger partial charge in [-0.1, -0.05) is 0 Å². The first-order valence-electron chi connectivity index (χ1n) is 8.06. The van der Waals surface area contributed by atoms with Gasteiger partial charge in [-0.25, -0.2) is 4.98 Å². The van der Waals surface area contributed by atoms with Gasteiger partial charge in [0.1, 0.15) is 5.82 Å². The average molecular weight is 330 g/mol. The van der Waals surface area contributed by atoms with Crippen LogP contribution in [0.4, 0.5) is 5.82 Å². The minimum atomic E-state index is 0.171. The molecule has 2 aromatic rings. The molecule has 1 N–H and O–H groups in total. The fourth-order valence-electron chi connectivity index (χ4n) is 3.03. The van der Waals surface area contributed by atoms with Crippen molar-refractivity contribution in [1.82, 2.24) is 14.9 Å². The molecule has 3 heterocycles. The molecule has 3 rings (SSSR count). The molecule has 0 aliphatic carbocycles. The lowest BCUT2D eigenvalue weighted by atomic mass is 9.95. The molecule has 1 aliphatic rings. The Labute approximate surface area is 140 Å². The van der Waals surface area contributed by atoms with Crippen LogP contribution in [-0.2, 0) is 6.42 Å². The first kappa shape index (κ1) is 15.9. The summed E-state index contributed by atoms with van der Waals surface area (Å²) in [6, 6.07) is 1.91. The van der Waals surface area contributed by atoms with Gasteiger partial charge in [0.15, 0.2) is 0 Å². The molecular formula is C17H22N4OS. The third-order valence-electron chi connectivity index (χ3n) is 4.36. The highest BCUT2D eigenvalue weighted by Gasteiger charge is 2.22. The van der Waals surface area contributed by atoms with E-state index in [4.69, 9.17) is 0 Å². The van der Waals surface area contributed by atoms with Crippen molar-refractivity contribution < 1.29 is 4.79 Å². The number of hydrogen-bond donors (Lipinski definition) is 1. The van der Waals surface area contributed by atoms with E-state index in [0.717, 1.165) is 55.8 Å². The Balaban J connectivity index is 1.56. The maximum atomic E-state index is 12.5. The maximum Gasteiger partial charge on any atom is 0.254 e. The van der Waals surface area contributed by atoms with Crippen LogP contribution < -0.4 is 5.32 Å². The summed E-state index contributed by atoms with van der Waals surface area (Å²) >= 11 is 1.57. The highest BCUT2D eigenvalue weighted by molar-refractivity contribution is 7.08. The molecule has 1 fully saturated rings. The summed E-state index contributed by atoms with van der Waals surface area (Å²) < 4.78 is 0. The number of nitrogens with zero attached hydrogens (tertiary/aromatic N) is 3. The van der Waals surface area contributed by atoms with Crippen LogP contribution in [-0.4, -0.2) is 40.9 Å². The highest BCUT2D eigenvalue weighted by atomic mass is 32.1. The maximum absolute atomic E-state index is 12.5. The van der Waals surface area contributed by atoms with Gasteiger partial charge >= 0.3 is 0 Å². The van der Waals surface area contributed by atoms with Crippen LogP contribution in [0.2, 0.25) is 0 Å². The molecule has 2 aromatic heterocycles. The van der Waals surface area contributed by atoms with Gasteiger partial charge in [-0.2, -0.15) is 11.3 Å². The van der Waals surface area contributed by atoms with Crippen molar-refractivity contribution >= 4 is 23.1 Å². The molecule has 1 saturated heterocycles. The number of likely N-dealkylation sites (tertiary alicyclic amines) is 1. The monoisotopic (exact) mass is 330 g/mol. The first-order valence-corrected chi connectivity index (χ1v) is 9.00. The van der Waals surface area contributed by atoms with E-state index in [1.165, 1.54) is 0 Å². The average Bonchev–Trinajstić information content (AvgIpc) is 3.02. The van der Waals surface area contributed by atoms with Gasteiger partial charge in [0.25, 0.3) is 5.91 Å². The smallest absolute Gasteiger partial charge is 0.254 e. The van der Waals surface area contributed by atoms with Crippen LogP contribution in [0, 0.1) is 5.92 Å². The van der Waals surface area contributed by atoms with Crippen LogP contribution in [0.15, 0.2) is 29.2 Å². The molecule has 1 amide bonds. The Morgan fingerprint density at radius 1 is 1.35 bits per heavy atom.